The van der Waals surface area contributed by atoms with E-state index in [-0.39, 0.29) is 13.0 Å². The summed E-state index contributed by atoms with van der Waals surface area (Å²) < 4.78 is 1.25. The molecule has 2 aromatic heterocycles. The van der Waals surface area contributed by atoms with Gasteiger partial charge in [-0.05, 0) is 67.8 Å². The maximum atomic E-state index is 13.6. The Bertz CT molecular complexity index is 1640. The van der Waals surface area contributed by atoms with Crippen LogP contribution in [0, 0.1) is 0 Å². The van der Waals surface area contributed by atoms with E-state index < -0.39 is 24.1 Å². The van der Waals surface area contributed by atoms with Gasteiger partial charge in [0.15, 0.2) is 6.29 Å². The second kappa shape index (κ2) is 14.9. The number of rotatable bonds is 13. The number of unbranched alkanes of at least 4 members (excludes halogenated alkanes) is 1. The molecule has 0 aliphatic carbocycles. The highest BCUT2D eigenvalue weighted by molar-refractivity contribution is 7.99. The van der Waals surface area contributed by atoms with E-state index in [1.54, 1.807) is 30.5 Å². The molecule has 0 radical (unpaired) electrons. The molecule has 0 aliphatic rings. The van der Waals surface area contributed by atoms with Crippen LogP contribution in [0.4, 0.5) is 4.79 Å². The predicted octanol–water partition coefficient (Wildman–Crippen LogP) is 4.51. The van der Waals surface area contributed by atoms with Gasteiger partial charge >= 0.3 is 12.0 Å². The number of carbonyl (C=O) groups excluding carboxylic acids is 3. The molecule has 12 heteroatoms. The van der Waals surface area contributed by atoms with Crippen LogP contribution < -0.4 is 11.1 Å². The summed E-state index contributed by atoms with van der Waals surface area (Å²) in [4.78, 5) is 55.5. The SMILES string of the molecule is CN(CC(=O)NC(N)CCCCC(=O)O)C(=O)n1nc(/C=C/c2ccccn2)c2ccc(Sc3ccccc3C=O)cc21. The first-order valence-electron chi connectivity index (χ1n) is 13.6. The highest BCUT2D eigenvalue weighted by atomic mass is 32.2. The van der Waals surface area contributed by atoms with Gasteiger partial charge in [0.05, 0.1) is 23.1 Å². The minimum Gasteiger partial charge on any atom is -0.481 e. The van der Waals surface area contributed by atoms with E-state index in [0.29, 0.717) is 36.0 Å². The molecule has 4 rings (SSSR count). The Hall–Kier alpha value is -4.81. The summed E-state index contributed by atoms with van der Waals surface area (Å²) in [5.41, 5.74) is 8.33. The van der Waals surface area contributed by atoms with Gasteiger partial charge in [0.1, 0.15) is 6.54 Å². The van der Waals surface area contributed by atoms with Crippen LogP contribution in [0.5, 0.6) is 0 Å². The van der Waals surface area contributed by atoms with Crippen molar-refractivity contribution in [3.8, 4) is 0 Å². The Morgan fingerprint density at radius 3 is 2.63 bits per heavy atom. The number of carbonyl (C=O) groups is 4. The summed E-state index contributed by atoms with van der Waals surface area (Å²) >= 11 is 1.39. The van der Waals surface area contributed by atoms with Gasteiger partial charge in [-0.1, -0.05) is 36.0 Å². The number of likely N-dealkylation sites (N-methyl/N-ethyl adjacent to an activating group) is 1. The monoisotopic (exact) mass is 600 g/mol. The lowest BCUT2D eigenvalue weighted by Crippen LogP contribution is -2.47. The number of amides is 2. The van der Waals surface area contributed by atoms with E-state index in [9.17, 15) is 19.2 Å². The Kier molecular flexibility index (Phi) is 10.8. The summed E-state index contributed by atoms with van der Waals surface area (Å²) in [5, 5.41) is 16.7. The highest BCUT2D eigenvalue weighted by Gasteiger charge is 2.21. The minimum absolute atomic E-state index is 0.0403. The standard InChI is InChI=1S/C31H32N6O5S/c1-36(19-29(39)34-28(32)11-4-5-12-30(40)41)31(42)37-26-18-23(43-27-10-3-2-8-21(27)20-38)14-15-24(26)25(35-37)16-13-22-9-6-7-17-33-22/h2-3,6-10,13-18,20,28H,4-5,11-12,19,32H2,1H3,(H,34,39)(H,40,41)/b16-13+. The minimum atomic E-state index is -0.879. The topological polar surface area (TPSA) is 161 Å². The molecule has 0 spiro atoms. The molecule has 0 aliphatic heterocycles. The van der Waals surface area contributed by atoms with E-state index >= 15 is 0 Å². The molecule has 0 saturated carbocycles. The van der Waals surface area contributed by atoms with Crippen LogP contribution in [0.3, 0.4) is 0 Å². The molecule has 1 unspecified atom stereocenters. The van der Waals surface area contributed by atoms with E-state index in [0.717, 1.165) is 27.2 Å². The molecule has 222 valence electrons. The number of aliphatic carboxylic acids is 1. The Labute approximate surface area is 252 Å². The number of hydrogen-bond donors (Lipinski definition) is 3. The average molecular weight is 601 g/mol. The van der Waals surface area contributed by atoms with Crippen molar-refractivity contribution in [2.45, 2.75) is 41.6 Å². The maximum Gasteiger partial charge on any atom is 0.345 e. The van der Waals surface area contributed by atoms with Gasteiger partial charge in [-0.3, -0.25) is 19.4 Å². The fourth-order valence-corrected chi connectivity index (χ4v) is 5.24. The zero-order chi connectivity index (χ0) is 30.8. The lowest BCUT2D eigenvalue weighted by atomic mass is 10.1. The zero-order valence-electron chi connectivity index (χ0n) is 23.6. The lowest BCUT2D eigenvalue weighted by Gasteiger charge is -2.19. The fourth-order valence-electron chi connectivity index (χ4n) is 4.30. The largest absolute Gasteiger partial charge is 0.481 e. The maximum absolute atomic E-state index is 13.6. The van der Waals surface area contributed by atoms with Crippen LogP contribution in [0.1, 0.15) is 47.4 Å². The number of aromatic nitrogens is 3. The Morgan fingerprint density at radius 2 is 1.88 bits per heavy atom. The van der Waals surface area contributed by atoms with E-state index in [1.807, 2.05) is 48.5 Å². The molecule has 2 aromatic carbocycles. The number of carboxylic acid groups (broad SMARTS) is 1. The van der Waals surface area contributed by atoms with Crippen molar-refractivity contribution in [2.75, 3.05) is 13.6 Å². The van der Waals surface area contributed by atoms with E-state index in [4.69, 9.17) is 10.8 Å². The van der Waals surface area contributed by atoms with Crippen LogP contribution >= 0.6 is 11.8 Å². The number of pyridine rings is 1. The van der Waals surface area contributed by atoms with E-state index in [1.165, 1.54) is 28.4 Å². The van der Waals surface area contributed by atoms with Crippen molar-refractivity contribution < 1.29 is 24.3 Å². The van der Waals surface area contributed by atoms with Crippen molar-refractivity contribution in [1.29, 1.82) is 0 Å². The third-order valence-electron chi connectivity index (χ3n) is 6.45. The molecule has 4 aromatic rings. The van der Waals surface area contributed by atoms with Crippen molar-refractivity contribution in [3.05, 3.63) is 83.8 Å². The molecule has 0 saturated heterocycles. The third-order valence-corrected chi connectivity index (χ3v) is 7.53. The smallest absolute Gasteiger partial charge is 0.345 e. The van der Waals surface area contributed by atoms with Crippen LogP contribution in [-0.2, 0) is 9.59 Å². The van der Waals surface area contributed by atoms with Gasteiger partial charge in [0.2, 0.25) is 5.91 Å². The summed E-state index contributed by atoms with van der Waals surface area (Å²) in [6, 6.07) is 17.8. The second-order valence-corrected chi connectivity index (χ2v) is 10.9. The predicted molar refractivity (Wildman–Crippen MR) is 164 cm³/mol. The summed E-state index contributed by atoms with van der Waals surface area (Å²) in [7, 11) is 1.50. The van der Waals surface area contributed by atoms with Gasteiger partial charge in [0.25, 0.3) is 0 Å². The van der Waals surface area contributed by atoms with Gasteiger partial charge < -0.3 is 21.1 Å². The number of aldehydes is 1. The first-order valence-corrected chi connectivity index (χ1v) is 14.4. The molecule has 4 N–H and O–H groups in total. The van der Waals surface area contributed by atoms with Crippen LogP contribution in [0.2, 0.25) is 0 Å². The summed E-state index contributed by atoms with van der Waals surface area (Å²) in [6.07, 6.45) is 6.87. The van der Waals surface area contributed by atoms with Crippen LogP contribution in [0.25, 0.3) is 23.1 Å². The summed E-state index contributed by atoms with van der Waals surface area (Å²) in [5.74, 6) is -1.33. The molecular weight excluding hydrogens is 568 g/mol. The third kappa shape index (κ3) is 8.60. The van der Waals surface area contributed by atoms with Crippen molar-refractivity contribution >= 4 is 59.0 Å². The quantitative estimate of drug-likeness (QED) is 0.114. The average Bonchev–Trinajstić information content (AvgIpc) is 3.36. The first kappa shape index (κ1) is 31.1. The molecule has 0 bridgehead atoms. The number of hydrogen-bond acceptors (Lipinski definition) is 8. The van der Waals surface area contributed by atoms with E-state index in [2.05, 4.69) is 15.4 Å². The van der Waals surface area contributed by atoms with Crippen LogP contribution in [0.15, 0.2) is 76.7 Å². The Balaban J connectivity index is 1.56. The molecular formula is C31H32N6O5S. The number of fused-ring (bicyclic) bond motifs is 1. The number of nitrogens with zero attached hydrogens (tertiary/aromatic N) is 4. The van der Waals surface area contributed by atoms with Crippen molar-refractivity contribution in [3.63, 3.8) is 0 Å². The van der Waals surface area contributed by atoms with Crippen molar-refractivity contribution in [1.82, 2.24) is 25.0 Å². The molecule has 2 amide bonds. The van der Waals surface area contributed by atoms with Gasteiger partial charge in [-0.15, -0.1) is 0 Å². The Morgan fingerprint density at radius 1 is 1.09 bits per heavy atom. The van der Waals surface area contributed by atoms with Gasteiger partial charge in [-0.2, -0.15) is 9.78 Å². The molecule has 43 heavy (non-hydrogen) atoms. The van der Waals surface area contributed by atoms with Crippen molar-refractivity contribution in [2.24, 2.45) is 5.73 Å². The van der Waals surface area contributed by atoms with Gasteiger partial charge in [-0.25, -0.2) is 4.79 Å². The number of benzene rings is 2. The molecule has 1 atom stereocenters. The van der Waals surface area contributed by atoms with Gasteiger partial charge in [0, 0.05) is 40.4 Å². The normalized spacial score (nSPS) is 11.9. The van der Waals surface area contributed by atoms with Crippen LogP contribution in [-0.4, -0.2) is 68.7 Å². The zero-order valence-corrected chi connectivity index (χ0v) is 24.4. The number of nitrogens with one attached hydrogen (secondary N) is 1. The molecule has 11 nitrogen and oxygen atoms in total. The molecule has 0 fully saturated rings. The number of carboxylic acids is 1. The number of nitrogens with two attached hydrogens (primary N) is 1. The summed E-state index contributed by atoms with van der Waals surface area (Å²) in [6.45, 7) is -0.261. The fraction of sp³-hybridized carbons (Fsp3) is 0.226. The second-order valence-electron chi connectivity index (χ2n) is 9.77. The first-order chi connectivity index (χ1) is 20.7. The highest BCUT2D eigenvalue weighted by Crippen LogP contribution is 2.33. The molecule has 2 heterocycles. The lowest BCUT2D eigenvalue weighted by molar-refractivity contribution is -0.137.